The molecule has 32 heavy (non-hydrogen) atoms. The number of esters is 1. The van der Waals surface area contributed by atoms with E-state index in [0.717, 1.165) is 11.6 Å². The summed E-state index contributed by atoms with van der Waals surface area (Å²) in [5.41, 5.74) is 1.07. The Morgan fingerprint density at radius 3 is 2.56 bits per heavy atom. The second-order valence-corrected chi connectivity index (χ2v) is 7.68. The van der Waals surface area contributed by atoms with Gasteiger partial charge in [0.1, 0.15) is 16.8 Å². The number of benzene rings is 2. The fraction of sp³-hybridized carbons (Fsp3) is 0.227. The molecular formula is C22H20ClN3O6. The summed E-state index contributed by atoms with van der Waals surface area (Å²) in [6.45, 7) is 3.31. The number of nitro groups is 1. The van der Waals surface area contributed by atoms with Crippen molar-refractivity contribution in [2.75, 3.05) is 0 Å². The van der Waals surface area contributed by atoms with Crippen LogP contribution in [-0.2, 0) is 16.1 Å². The number of hydrogen-bond donors (Lipinski definition) is 1. The summed E-state index contributed by atoms with van der Waals surface area (Å²) in [4.78, 5) is 35.5. The van der Waals surface area contributed by atoms with Gasteiger partial charge in [-0.25, -0.2) is 4.79 Å². The minimum Gasteiger partial charge on any atom is -0.456 e. The number of ether oxygens (including phenoxy) is 1. The lowest BCUT2D eigenvalue weighted by molar-refractivity contribution is -0.384. The van der Waals surface area contributed by atoms with E-state index >= 15 is 0 Å². The summed E-state index contributed by atoms with van der Waals surface area (Å²) < 4.78 is 10.5. The van der Waals surface area contributed by atoms with E-state index in [0.29, 0.717) is 11.5 Å². The van der Waals surface area contributed by atoms with Crippen molar-refractivity contribution in [2.45, 2.75) is 26.5 Å². The number of nitro benzene ring substituents is 1. The van der Waals surface area contributed by atoms with Gasteiger partial charge in [-0.2, -0.15) is 0 Å². The Bertz CT molecular complexity index is 1130. The lowest BCUT2D eigenvalue weighted by atomic mass is 10.0. The van der Waals surface area contributed by atoms with E-state index in [1.807, 2.05) is 30.3 Å². The first kappa shape index (κ1) is 23.0. The quantitative estimate of drug-likeness (QED) is 0.302. The highest BCUT2D eigenvalue weighted by molar-refractivity contribution is 6.32. The Hall–Kier alpha value is -3.72. The van der Waals surface area contributed by atoms with Crippen molar-refractivity contribution in [3.8, 4) is 11.3 Å². The average Bonchev–Trinajstić information content (AvgIpc) is 3.25. The van der Waals surface area contributed by atoms with Gasteiger partial charge in [-0.15, -0.1) is 0 Å². The Morgan fingerprint density at radius 1 is 1.19 bits per heavy atom. The topological polar surface area (TPSA) is 125 Å². The van der Waals surface area contributed by atoms with E-state index in [1.165, 1.54) is 12.1 Å². The van der Waals surface area contributed by atoms with E-state index in [4.69, 9.17) is 20.9 Å². The summed E-state index contributed by atoms with van der Waals surface area (Å²) in [6, 6.07) is 13.7. The van der Waals surface area contributed by atoms with Gasteiger partial charge < -0.3 is 14.6 Å². The van der Waals surface area contributed by atoms with E-state index < -0.39 is 28.5 Å². The van der Waals surface area contributed by atoms with Crippen LogP contribution in [-0.4, -0.2) is 28.0 Å². The standard InChI is InChI=1S/C22H20ClN3O6/c1-13(2)20(24-21(27)15-8-9-17(23)19(10-15)26(29)30)22(28)31-12-16-11-18(25-32-16)14-6-4-3-5-7-14/h3-11,13,20H,12H2,1-2H3,(H,24,27)/t20-/m0/s1. The number of rotatable bonds is 8. The minimum absolute atomic E-state index is 0.00212. The first-order valence-electron chi connectivity index (χ1n) is 9.68. The minimum atomic E-state index is -0.978. The zero-order valence-electron chi connectivity index (χ0n) is 17.3. The molecule has 10 heteroatoms. The van der Waals surface area contributed by atoms with Crippen LogP contribution in [0.2, 0.25) is 5.02 Å². The number of nitrogens with zero attached hydrogens (tertiary/aromatic N) is 2. The van der Waals surface area contributed by atoms with Crippen molar-refractivity contribution < 1.29 is 23.8 Å². The van der Waals surface area contributed by atoms with Gasteiger partial charge in [0, 0.05) is 23.3 Å². The SMILES string of the molecule is CC(C)[C@H](NC(=O)c1ccc(Cl)c([N+](=O)[O-])c1)C(=O)OCc1cc(-c2ccccc2)no1. The zero-order chi connectivity index (χ0) is 23.3. The largest absolute Gasteiger partial charge is 0.456 e. The van der Waals surface area contributed by atoms with Gasteiger partial charge in [-0.05, 0) is 18.1 Å². The maximum Gasteiger partial charge on any atom is 0.329 e. The molecule has 0 spiro atoms. The van der Waals surface area contributed by atoms with Crippen LogP contribution in [0.25, 0.3) is 11.3 Å². The van der Waals surface area contributed by atoms with Crippen LogP contribution in [0.4, 0.5) is 5.69 Å². The van der Waals surface area contributed by atoms with Gasteiger partial charge in [0.2, 0.25) is 0 Å². The van der Waals surface area contributed by atoms with Gasteiger partial charge in [-0.3, -0.25) is 14.9 Å². The molecule has 0 aliphatic rings. The molecule has 1 amide bonds. The molecule has 166 valence electrons. The first-order chi connectivity index (χ1) is 15.3. The molecule has 0 radical (unpaired) electrons. The van der Waals surface area contributed by atoms with Crippen LogP contribution in [0.5, 0.6) is 0 Å². The molecule has 1 heterocycles. The van der Waals surface area contributed by atoms with Crippen molar-refractivity contribution in [3.05, 3.63) is 81.1 Å². The average molecular weight is 458 g/mol. The molecule has 3 rings (SSSR count). The van der Waals surface area contributed by atoms with E-state index in [1.54, 1.807) is 19.9 Å². The lowest BCUT2D eigenvalue weighted by Gasteiger charge is -2.20. The summed E-state index contributed by atoms with van der Waals surface area (Å²) in [5.74, 6) is -1.29. The molecule has 0 saturated heterocycles. The van der Waals surface area contributed by atoms with Crippen molar-refractivity contribution in [1.82, 2.24) is 10.5 Å². The molecule has 0 aliphatic heterocycles. The van der Waals surface area contributed by atoms with E-state index in [-0.39, 0.29) is 23.1 Å². The maximum absolute atomic E-state index is 12.6. The summed E-state index contributed by atoms with van der Waals surface area (Å²) >= 11 is 5.78. The highest BCUT2D eigenvalue weighted by atomic mass is 35.5. The summed E-state index contributed by atoms with van der Waals surface area (Å²) in [6.07, 6.45) is 0. The van der Waals surface area contributed by atoms with Crippen LogP contribution < -0.4 is 5.32 Å². The number of amides is 1. The number of hydrogen-bond acceptors (Lipinski definition) is 7. The third-order valence-electron chi connectivity index (χ3n) is 4.60. The predicted molar refractivity (Wildman–Crippen MR) is 116 cm³/mol. The Balaban J connectivity index is 1.65. The Morgan fingerprint density at radius 2 is 1.91 bits per heavy atom. The molecule has 0 fully saturated rings. The van der Waals surface area contributed by atoms with Crippen LogP contribution in [0.1, 0.15) is 30.0 Å². The van der Waals surface area contributed by atoms with Crippen LogP contribution in [0, 0.1) is 16.0 Å². The van der Waals surface area contributed by atoms with E-state index in [9.17, 15) is 19.7 Å². The van der Waals surface area contributed by atoms with Gasteiger partial charge in [0.05, 0.1) is 4.92 Å². The molecule has 0 bridgehead atoms. The Labute approximate surface area is 188 Å². The van der Waals surface area contributed by atoms with Crippen molar-refractivity contribution >= 4 is 29.2 Å². The molecule has 0 aliphatic carbocycles. The second kappa shape index (κ2) is 10.1. The summed E-state index contributed by atoms with van der Waals surface area (Å²) in [5, 5.41) is 17.5. The normalized spacial score (nSPS) is 11.8. The first-order valence-corrected chi connectivity index (χ1v) is 10.1. The van der Waals surface area contributed by atoms with Gasteiger partial charge in [0.25, 0.3) is 11.6 Å². The smallest absolute Gasteiger partial charge is 0.329 e. The molecule has 0 unspecified atom stereocenters. The zero-order valence-corrected chi connectivity index (χ0v) is 18.0. The van der Waals surface area contributed by atoms with Gasteiger partial charge >= 0.3 is 5.97 Å². The monoisotopic (exact) mass is 457 g/mol. The number of carbonyl (C=O) groups excluding carboxylic acids is 2. The van der Waals surface area contributed by atoms with Crippen LogP contribution in [0.3, 0.4) is 0 Å². The van der Waals surface area contributed by atoms with Crippen LogP contribution in [0.15, 0.2) is 59.1 Å². The number of halogens is 1. The third-order valence-corrected chi connectivity index (χ3v) is 4.92. The molecule has 1 aromatic heterocycles. The fourth-order valence-corrected chi connectivity index (χ4v) is 3.06. The molecule has 9 nitrogen and oxygen atoms in total. The number of aromatic nitrogens is 1. The van der Waals surface area contributed by atoms with Gasteiger partial charge in [-0.1, -0.05) is 60.9 Å². The second-order valence-electron chi connectivity index (χ2n) is 7.27. The predicted octanol–water partition coefficient (Wildman–Crippen LogP) is 4.40. The van der Waals surface area contributed by atoms with Crippen LogP contribution >= 0.6 is 11.6 Å². The number of carbonyl (C=O) groups is 2. The molecule has 1 N–H and O–H groups in total. The van der Waals surface area contributed by atoms with Gasteiger partial charge in [0.15, 0.2) is 12.4 Å². The van der Waals surface area contributed by atoms with Crippen molar-refractivity contribution in [3.63, 3.8) is 0 Å². The molecule has 0 saturated carbocycles. The molecule has 3 aromatic rings. The molecule has 1 atom stereocenters. The lowest BCUT2D eigenvalue weighted by Crippen LogP contribution is -2.45. The van der Waals surface area contributed by atoms with Crippen molar-refractivity contribution in [1.29, 1.82) is 0 Å². The Kier molecular flexibility index (Phi) is 7.21. The highest BCUT2D eigenvalue weighted by Gasteiger charge is 2.27. The highest BCUT2D eigenvalue weighted by Crippen LogP contribution is 2.25. The maximum atomic E-state index is 12.6. The van der Waals surface area contributed by atoms with Crippen molar-refractivity contribution in [2.24, 2.45) is 5.92 Å². The van der Waals surface area contributed by atoms with E-state index in [2.05, 4.69) is 10.5 Å². The number of nitrogens with one attached hydrogen (secondary N) is 1. The fourth-order valence-electron chi connectivity index (χ4n) is 2.87. The summed E-state index contributed by atoms with van der Waals surface area (Å²) in [7, 11) is 0. The third kappa shape index (κ3) is 5.50. The molecular weight excluding hydrogens is 438 g/mol. The molecule has 2 aromatic carbocycles.